The summed E-state index contributed by atoms with van der Waals surface area (Å²) >= 11 is 2.60. The highest BCUT2D eigenvalue weighted by Crippen LogP contribution is 2.22. The molecule has 8 heteroatoms. The van der Waals surface area contributed by atoms with E-state index in [2.05, 4.69) is 13.8 Å². The minimum absolute atomic E-state index is 0.00727. The second-order valence-corrected chi connectivity index (χ2v) is 10.9. The van der Waals surface area contributed by atoms with Gasteiger partial charge < -0.3 is 9.47 Å². The van der Waals surface area contributed by atoms with Crippen molar-refractivity contribution < 1.29 is 28.7 Å². The minimum atomic E-state index is -0.945. The molecule has 0 N–H and O–H groups in total. The topological polar surface area (TPSA) is 86.7 Å². The van der Waals surface area contributed by atoms with E-state index < -0.39 is 24.1 Å². The highest BCUT2D eigenvalue weighted by atomic mass is 32.1. The van der Waals surface area contributed by atoms with Gasteiger partial charge in [0.15, 0.2) is 12.2 Å². The van der Waals surface area contributed by atoms with Gasteiger partial charge in [-0.2, -0.15) is 0 Å². The van der Waals surface area contributed by atoms with Gasteiger partial charge >= 0.3 is 11.9 Å². The molecule has 0 saturated heterocycles. The van der Waals surface area contributed by atoms with E-state index in [9.17, 15) is 19.2 Å². The number of ketones is 2. The molecule has 3 aromatic rings. The average molecular weight is 555 g/mol. The number of carbonyl (C=O) groups is 4. The lowest BCUT2D eigenvalue weighted by Gasteiger charge is -2.19. The predicted molar refractivity (Wildman–Crippen MR) is 150 cm³/mol. The summed E-state index contributed by atoms with van der Waals surface area (Å²) in [5.41, 5.74) is 0.0145. The molecule has 38 heavy (non-hydrogen) atoms. The van der Waals surface area contributed by atoms with Gasteiger partial charge in [-0.3, -0.25) is 9.59 Å². The molecule has 0 aliphatic rings. The van der Waals surface area contributed by atoms with Crippen LogP contribution in [0.5, 0.6) is 0 Å². The van der Waals surface area contributed by atoms with E-state index in [1.807, 2.05) is 0 Å². The first-order valence-corrected chi connectivity index (χ1v) is 14.9. The largest absolute Gasteiger partial charge is 0.450 e. The zero-order valence-electron chi connectivity index (χ0n) is 21.9. The first-order valence-electron chi connectivity index (χ1n) is 13.1. The van der Waals surface area contributed by atoms with E-state index in [1.54, 1.807) is 47.2 Å². The van der Waals surface area contributed by atoms with Crippen molar-refractivity contribution in [2.24, 2.45) is 0 Å². The van der Waals surface area contributed by atoms with Crippen LogP contribution in [0.1, 0.15) is 105 Å². The maximum absolute atomic E-state index is 13.3. The number of hydrogen-bond acceptors (Lipinski definition) is 8. The van der Waals surface area contributed by atoms with Gasteiger partial charge in [0.25, 0.3) is 0 Å². The summed E-state index contributed by atoms with van der Waals surface area (Å²) < 4.78 is 11.4. The van der Waals surface area contributed by atoms with Crippen molar-refractivity contribution in [1.29, 1.82) is 0 Å². The normalized spacial score (nSPS) is 12.5. The van der Waals surface area contributed by atoms with Crippen molar-refractivity contribution in [3.8, 4) is 0 Å². The Labute approximate surface area is 232 Å². The van der Waals surface area contributed by atoms with E-state index in [4.69, 9.17) is 9.47 Å². The second kappa shape index (κ2) is 15.3. The fourth-order valence-electron chi connectivity index (χ4n) is 4.03. The average Bonchev–Trinajstić information content (AvgIpc) is 3.66. The molecular weight excluding hydrogens is 520 g/mol. The van der Waals surface area contributed by atoms with E-state index >= 15 is 0 Å². The maximum atomic E-state index is 13.3. The molecule has 2 heterocycles. The molecule has 0 bridgehead atoms. The van der Waals surface area contributed by atoms with Gasteiger partial charge in [-0.1, -0.05) is 63.8 Å². The summed E-state index contributed by atoms with van der Waals surface area (Å²) in [7, 11) is 0. The maximum Gasteiger partial charge on any atom is 0.339 e. The molecule has 0 spiro atoms. The number of carbonyl (C=O) groups excluding carboxylic acids is 4. The highest BCUT2D eigenvalue weighted by Gasteiger charge is 2.30. The quantitative estimate of drug-likeness (QED) is 0.102. The number of esters is 2. The molecule has 2 aromatic heterocycles. The van der Waals surface area contributed by atoms with Crippen molar-refractivity contribution in [3.05, 3.63) is 80.2 Å². The summed E-state index contributed by atoms with van der Waals surface area (Å²) in [4.78, 5) is 53.7. The van der Waals surface area contributed by atoms with Crippen molar-refractivity contribution in [2.75, 3.05) is 0 Å². The zero-order valence-corrected chi connectivity index (χ0v) is 23.5. The molecule has 0 radical (unpaired) electrons. The van der Waals surface area contributed by atoms with Crippen LogP contribution in [-0.4, -0.2) is 35.7 Å². The number of hydrogen-bond donors (Lipinski definition) is 0. The predicted octanol–water partition coefficient (Wildman–Crippen LogP) is 7.79. The van der Waals surface area contributed by atoms with Crippen LogP contribution in [0.2, 0.25) is 0 Å². The number of thiophene rings is 2. The Balaban J connectivity index is 1.79. The molecule has 2 atom stereocenters. The number of ether oxygens (including phenoxy) is 2. The summed E-state index contributed by atoms with van der Waals surface area (Å²) in [6.07, 6.45) is 4.13. The van der Waals surface area contributed by atoms with Crippen LogP contribution < -0.4 is 0 Å². The molecule has 3 rings (SSSR count). The lowest BCUT2D eigenvalue weighted by Crippen LogP contribution is -2.30. The summed E-state index contributed by atoms with van der Waals surface area (Å²) in [5.74, 6) is -2.03. The lowest BCUT2D eigenvalue weighted by molar-refractivity contribution is 0.0229. The van der Waals surface area contributed by atoms with Crippen LogP contribution in [0, 0.1) is 0 Å². The Morgan fingerprint density at radius 3 is 1.39 bits per heavy atom. The van der Waals surface area contributed by atoms with Crippen molar-refractivity contribution >= 4 is 46.2 Å². The smallest absolute Gasteiger partial charge is 0.339 e. The third-order valence-electron chi connectivity index (χ3n) is 6.12. The molecule has 2 unspecified atom stereocenters. The van der Waals surface area contributed by atoms with E-state index in [-0.39, 0.29) is 22.7 Å². The monoisotopic (exact) mass is 554 g/mol. The molecule has 0 aliphatic heterocycles. The van der Waals surface area contributed by atoms with Gasteiger partial charge in [-0.25, -0.2) is 9.59 Å². The molecule has 6 nitrogen and oxygen atoms in total. The SMILES string of the molecule is CCCCCC(OC(=O)c1ccccc1C(=O)OC(CCCCC)C(=O)c1cccs1)C(=O)c1cccs1. The van der Waals surface area contributed by atoms with Crippen LogP contribution >= 0.6 is 22.7 Å². The third kappa shape index (κ3) is 8.20. The molecule has 202 valence electrons. The van der Waals surface area contributed by atoms with Crippen molar-refractivity contribution in [2.45, 2.75) is 77.4 Å². The Morgan fingerprint density at radius 1 is 0.632 bits per heavy atom. The highest BCUT2D eigenvalue weighted by molar-refractivity contribution is 7.12. The first-order chi connectivity index (χ1) is 18.5. The molecular formula is C30H34O6S2. The van der Waals surface area contributed by atoms with Gasteiger partial charge in [0.05, 0.1) is 20.9 Å². The molecule has 0 saturated carbocycles. The molecule has 0 aliphatic carbocycles. The van der Waals surface area contributed by atoms with Gasteiger partial charge in [-0.15, -0.1) is 22.7 Å². The summed E-state index contributed by atoms with van der Waals surface area (Å²) in [6.45, 7) is 4.12. The summed E-state index contributed by atoms with van der Waals surface area (Å²) in [5, 5.41) is 3.61. The van der Waals surface area contributed by atoms with Gasteiger partial charge in [-0.05, 0) is 60.7 Å². The fourth-order valence-corrected chi connectivity index (χ4v) is 5.44. The van der Waals surface area contributed by atoms with Crippen LogP contribution in [0.25, 0.3) is 0 Å². The lowest BCUT2D eigenvalue weighted by atomic mass is 10.0. The number of benzene rings is 1. The Kier molecular flexibility index (Phi) is 11.9. The second-order valence-electron chi connectivity index (χ2n) is 9.01. The van der Waals surface area contributed by atoms with E-state index in [1.165, 1.54) is 34.8 Å². The van der Waals surface area contributed by atoms with Gasteiger partial charge in [0.2, 0.25) is 11.6 Å². The fraction of sp³-hybridized carbons (Fsp3) is 0.400. The Morgan fingerprint density at radius 2 is 1.05 bits per heavy atom. The Hall–Kier alpha value is -3.10. The van der Waals surface area contributed by atoms with E-state index in [0.717, 1.165) is 38.5 Å². The van der Waals surface area contributed by atoms with Crippen LogP contribution in [-0.2, 0) is 9.47 Å². The summed E-state index contributed by atoms with van der Waals surface area (Å²) in [6, 6.07) is 13.2. The zero-order chi connectivity index (χ0) is 27.3. The minimum Gasteiger partial charge on any atom is -0.450 e. The molecule has 1 aromatic carbocycles. The molecule has 0 amide bonds. The standard InChI is InChI=1S/C30H34O6S2/c1-3-5-7-15-23(27(31)25-17-11-19-37-25)35-29(33)21-13-9-10-14-22(21)30(34)36-24(16-8-6-4-2)28(32)26-18-12-20-38-26/h9-14,17-20,23-24H,3-8,15-16H2,1-2H3. The van der Waals surface area contributed by atoms with Crippen molar-refractivity contribution in [3.63, 3.8) is 0 Å². The first kappa shape index (κ1) is 29.5. The number of Topliss-reactive ketones (excluding diaryl/α,β-unsaturated/α-hetero) is 2. The van der Waals surface area contributed by atoms with Gasteiger partial charge in [0, 0.05) is 0 Å². The third-order valence-corrected chi connectivity index (χ3v) is 7.89. The molecule has 0 fully saturated rings. The van der Waals surface area contributed by atoms with Crippen molar-refractivity contribution in [1.82, 2.24) is 0 Å². The Bertz CT molecular complexity index is 1090. The number of unbranched alkanes of at least 4 members (excludes halogenated alkanes) is 4. The van der Waals surface area contributed by atoms with Gasteiger partial charge in [0.1, 0.15) is 0 Å². The van der Waals surface area contributed by atoms with Crippen LogP contribution in [0.3, 0.4) is 0 Å². The van der Waals surface area contributed by atoms with Crippen LogP contribution in [0.15, 0.2) is 59.3 Å². The number of rotatable bonds is 16. The van der Waals surface area contributed by atoms with E-state index in [0.29, 0.717) is 22.6 Å². The van der Waals surface area contributed by atoms with Crippen LogP contribution in [0.4, 0.5) is 0 Å².